The fourth-order valence-electron chi connectivity index (χ4n) is 2.92. The van der Waals surface area contributed by atoms with Gasteiger partial charge in [0.15, 0.2) is 18.1 Å². The molecule has 2 heterocycles. The normalized spacial score (nSPS) is 12.9. The van der Waals surface area contributed by atoms with Gasteiger partial charge in [-0.3, -0.25) is 4.79 Å². The molecule has 1 N–H and O–H groups in total. The van der Waals surface area contributed by atoms with Gasteiger partial charge in [0.05, 0.1) is 18.2 Å². The summed E-state index contributed by atoms with van der Waals surface area (Å²) in [7, 11) is 0. The van der Waals surface area contributed by atoms with E-state index in [4.69, 9.17) is 30.3 Å². The van der Waals surface area contributed by atoms with Crippen molar-refractivity contribution in [1.29, 1.82) is 0 Å². The monoisotopic (exact) mass is 429 g/mol. The number of nitrogens with one attached hydrogen (secondary N) is 1. The zero-order chi connectivity index (χ0) is 20.9. The Labute approximate surface area is 178 Å². The van der Waals surface area contributed by atoms with E-state index in [0.29, 0.717) is 59.3 Å². The molecule has 0 saturated carbocycles. The Morgan fingerprint density at radius 2 is 2.00 bits per heavy atom. The molecule has 1 amide bonds. The Morgan fingerprint density at radius 1 is 1.20 bits per heavy atom. The zero-order valence-electron chi connectivity index (χ0n) is 16.3. The lowest BCUT2D eigenvalue weighted by molar-refractivity contribution is 0.0951. The van der Waals surface area contributed by atoms with E-state index in [9.17, 15) is 4.79 Å². The van der Waals surface area contributed by atoms with E-state index in [2.05, 4.69) is 15.5 Å². The van der Waals surface area contributed by atoms with Crippen LogP contribution in [0.1, 0.15) is 34.1 Å². The third-order valence-corrected chi connectivity index (χ3v) is 4.65. The molecule has 3 aromatic rings. The minimum atomic E-state index is -0.210. The molecule has 0 radical (unpaired) electrons. The first-order chi connectivity index (χ1) is 14.6. The second kappa shape index (κ2) is 9.04. The van der Waals surface area contributed by atoms with Gasteiger partial charge in [0, 0.05) is 25.5 Å². The van der Waals surface area contributed by atoms with Gasteiger partial charge in [-0.15, -0.1) is 0 Å². The summed E-state index contributed by atoms with van der Waals surface area (Å²) < 4.78 is 21.8. The molecule has 0 unspecified atom stereocenters. The summed E-state index contributed by atoms with van der Waals surface area (Å²) >= 11 is 6.30. The lowest BCUT2D eigenvalue weighted by Crippen LogP contribution is -2.22. The van der Waals surface area contributed by atoms with Gasteiger partial charge in [-0.1, -0.05) is 16.8 Å². The Hall–Kier alpha value is -3.26. The highest BCUT2D eigenvalue weighted by Gasteiger charge is 2.16. The number of rotatable bonds is 6. The van der Waals surface area contributed by atoms with E-state index in [0.717, 1.165) is 12.0 Å². The maximum Gasteiger partial charge on any atom is 0.251 e. The molecule has 0 atom stereocenters. The third-order valence-electron chi connectivity index (χ3n) is 4.37. The summed E-state index contributed by atoms with van der Waals surface area (Å²) in [4.78, 5) is 16.5. The highest BCUT2D eigenvalue weighted by Crippen LogP contribution is 2.37. The largest absolute Gasteiger partial charge is 0.489 e. The lowest BCUT2D eigenvalue weighted by Gasteiger charge is -2.12. The summed E-state index contributed by atoms with van der Waals surface area (Å²) in [6.45, 7) is 3.35. The molecule has 8 nitrogen and oxygen atoms in total. The van der Waals surface area contributed by atoms with Gasteiger partial charge >= 0.3 is 0 Å². The fraction of sp³-hybridized carbons (Fsp3) is 0.286. The standard InChI is InChI=1S/C21H20ClN3O5/c1-13-24-19(25-30-13)12-29-16-5-3-15(4-6-16)21(26)23-11-14-9-17(22)20-18(10-14)27-7-2-8-28-20/h3-6,9-10H,2,7-8,11-12H2,1H3,(H,23,26). The molecule has 1 aliphatic rings. The Morgan fingerprint density at radius 3 is 2.77 bits per heavy atom. The van der Waals surface area contributed by atoms with E-state index in [-0.39, 0.29) is 12.5 Å². The summed E-state index contributed by atoms with van der Waals surface area (Å²) in [6.07, 6.45) is 0.797. The van der Waals surface area contributed by atoms with Crippen LogP contribution in [0.2, 0.25) is 5.02 Å². The van der Waals surface area contributed by atoms with Crippen molar-refractivity contribution in [3.05, 3.63) is 64.3 Å². The van der Waals surface area contributed by atoms with E-state index in [1.54, 1.807) is 37.3 Å². The molecular weight excluding hydrogens is 410 g/mol. The van der Waals surface area contributed by atoms with Crippen LogP contribution in [0.15, 0.2) is 40.9 Å². The molecule has 0 saturated heterocycles. The minimum absolute atomic E-state index is 0.188. The summed E-state index contributed by atoms with van der Waals surface area (Å²) in [6, 6.07) is 10.4. The quantitative estimate of drug-likeness (QED) is 0.638. The maximum absolute atomic E-state index is 12.5. The van der Waals surface area contributed by atoms with Gasteiger partial charge < -0.3 is 24.1 Å². The van der Waals surface area contributed by atoms with Crippen LogP contribution in [0.4, 0.5) is 0 Å². The molecule has 1 aliphatic heterocycles. The molecule has 0 bridgehead atoms. The van der Waals surface area contributed by atoms with Crippen molar-refractivity contribution >= 4 is 17.5 Å². The average Bonchev–Trinajstić information content (AvgIpc) is 3.02. The van der Waals surface area contributed by atoms with Crippen LogP contribution in [0.5, 0.6) is 17.2 Å². The zero-order valence-corrected chi connectivity index (χ0v) is 17.1. The Balaban J connectivity index is 1.34. The van der Waals surface area contributed by atoms with E-state index in [1.807, 2.05) is 6.07 Å². The smallest absolute Gasteiger partial charge is 0.251 e. The molecule has 1 aromatic heterocycles. The number of aryl methyl sites for hydroxylation is 1. The number of benzene rings is 2. The van der Waals surface area contributed by atoms with Gasteiger partial charge in [-0.2, -0.15) is 4.98 Å². The van der Waals surface area contributed by atoms with Gasteiger partial charge in [0.2, 0.25) is 11.7 Å². The Bertz CT molecular complexity index is 1040. The van der Waals surface area contributed by atoms with Crippen molar-refractivity contribution in [2.24, 2.45) is 0 Å². The van der Waals surface area contributed by atoms with Crippen molar-refractivity contribution < 1.29 is 23.5 Å². The second-order valence-electron chi connectivity index (χ2n) is 6.68. The number of ether oxygens (including phenoxy) is 3. The predicted molar refractivity (Wildman–Crippen MR) is 108 cm³/mol. The maximum atomic E-state index is 12.5. The fourth-order valence-corrected chi connectivity index (χ4v) is 3.21. The van der Waals surface area contributed by atoms with Gasteiger partial charge in [-0.05, 0) is 42.0 Å². The predicted octanol–water partition coefficient (Wildman–Crippen LogP) is 3.70. The van der Waals surface area contributed by atoms with Crippen LogP contribution >= 0.6 is 11.6 Å². The van der Waals surface area contributed by atoms with Crippen molar-refractivity contribution in [2.45, 2.75) is 26.5 Å². The second-order valence-corrected chi connectivity index (χ2v) is 7.09. The molecule has 4 rings (SSSR count). The van der Waals surface area contributed by atoms with Crippen LogP contribution in [0, 0.1) is 6.92 Å². The number of fused-ring (bicyclic) bond motifs is 1. The molecule has 30 heavy (non-hydrogen) atoms. The van der Waals surface area contributed by atoms with Crippen LogP contribution < -0.4 is 19.5 Å². The van der Waals surface area contributed by atoms with E-state index < -0.39 is 0 Å². The van der Waals surface area contributed by atoms with Crippen LogP contribution in [-0.4, -0.2) is 29.3 Å². The Kier molecular flexibility index (Phi) is 6.04. The summed E-state index contributed by atoms with van der Waals surface area (Å²) in [5.74, 6) is 2.49. The summed E-state index contributed by atoms with van der Waals surface area (Å²) in [5, 5.41) is 7.11. The van der Waals surface area contributed by atoms with E-state index in [1.165, 1.54) is 0 Å². The van der Waals surface area contributed by atoms with E-state index >= 15 is 0 Å². The number of nitrogens with zero attached hydrogens (tertiary/aromatic N) is 2. The van der Waals surface area contributed by atoms with Gasteiger partial charge in [0.25, 0.3) is 5.91 Å². The van der Waals surface area contributed by atoms with Gasteiger partial charge in [0.1, 0.15) is 5.75 Å². The highest BCUT2D eigenvalue weighted by molar-refractivity contribution is 6.32. The molecule has 2 aromatic carbocycles. The number of halogens is 1. The lowest BCUT2D eigenvalue weighted by atomic mass is 10.1. The number of hydrogen-bond donors (Lipinski definition) is 1. The average molecular weight is 430 g/mol. The molecule has 156 valence electrons. The van der Waals surface area contributed by atoms with Crippen molar-refractivity contribution in [3.63, 3.8) is 0 Å². The topological polar surface area (TPSA) is 95.7 Å². The first kappa shape index (κ1) is 20.0. The molecule has 0 spiro atoms. The van der Waals surface area contributed by atoms with Crippen molar-refractivity contribution in [1.82, 2.24) is 15.5 Å². The number of carbonyl (C=O) groups excluding carboxylic acids is 1. The molecule has 0 aliphatic carbocycles. The number of hydrogen-bond acceptors (Lipinski definition) is 7. The number of carbonyl (C=O) groups is 1. The first-order valence-corrected chi connectivity index (χ1v) is 9.84. The third kappa shape index (κ3) is 4.83. The number of aromatic nitrogens is 2. The highest BCUT2D eigenvalue weighted by atomic mass is 35.5. The molecule has 9 heteroatoms. The summed E-state index contributed by atoms with van der Waals surface area (Å²) in [5.41, 5.74) is 1.34. The number of amides is 1. The van der Waals surface area contributed by atoms with Crippen LogP contribution in [-0.2, 0) is 13.2 Å². The molecular formula is C21H20ClN3O5. The minimum Gasteiger partial charge on any atom is -0.489 e. The van der Waals surface area contributed by atoms with Crippen LogP contribution in [0.25, 0.3) is 0 Å². The van der Waals surface area contributed by atoms with Gasteiger partial charge in [-0.25, -0.2) is 0 Å². The van der Waals surface area contributed by atoms with Crippen molar-refractivity contribution in [3.8, 4) is 17.2 Å². The van der Waals surface area contributed by atoms with Crippen molar-refractivity contribution in [2.75, 3.05) is 13.2 Å². The molecule has 0 fully saturated rings. The van der Waals surface area contributed by atoms with Crippen LogP contribution in [0.3, 0.4) is 0 Å². The first-order valence-electron chi connectivity index (χ1n) is 9.47. The SMILES string of the molecule is Cc1nc(COc2ccc(C(=O)NCc3cc(Cl)c4c(c3)OCCCO4)cc2)no1.